The van der Waals surface area contributed by atoms with Crippen molar-refractivity contribution >= 4 is 12.4 Å². The van der Waals surface area contributed by atoms with E-state index in [1.54, 1.807) is 0 Å². The van der Waals surface area contributed by atoms with Crippen molar-refractivity contribution in [2.75, 3.05) is 13.7 Å². The van der Waals surface area contributed by atoms with Gasteiger partial charge in [0.05, 0.1) is 7.11 Å². The molecule has 0 heterocycles. The molecule has 0 saturated carbocycles. The predicted molar refractivity (Wildman–Crippen MR) is 47.9 cm³/mol. The Labute approximate surface area is 77.6 Å². The van der Waals surface area contributed by atoms with Crippen molar-refractivity contribution < 1.29 is 14.3 Å². The molecule has 0 fully saturated rings. The highest BCUT2D eigenvalue weighted by Crippen LogP contribution is 2.01. The Kier molecular flexibility index (Phi) is 6.91. The maximum Gasteiger partial charge on any atom is 0.328 e. The van der Waals surface area contributed by atoms with Gasteiger partial charge in [0.15, 0.2) is 0 Å². The monoisotopic (exact) mass is 188 g/mol. The zero-order valence-corrected chi connectivity index (χ0v) is 7.79. The van der Waals surface area contributed by atoms with Gasteiger partial charge in [-0.15, -0.1) is 0 Å². The maximum atomic E-state index is 11.0. The predicted octanol–water partition coefficient (Wildman–Crippen LogP) is -0.597. The number of amides is 1. The molecular formula is C8H16N2O3. The molecule has 76 valence electrons. The molecule has 3 N–H and O–H groups in total. The third kappa shape index (κ3) is 5.19. The minimum absolute atomic E-state index is 0.413. The zero-order valence-electron chi connectivity index (χ0n) is 7.79. The van der Waals surface area contributed by atoms with E-state index in [9.17, 15) is 9.59 Å². The van der Waals surface area contributed by atoms with E-state index in [-0.39, 0.29) is 0 Å². The van der Waals surface area contributed by atoms with Crippen LogP contribution in [0.5, 0.6) is 0 Å². The highest BCUT2D eigenvalue weighted by Gasteiger charge is 2.16. The molecule has 0 aromatic carbocycles. The van der Waals surface area contributed by atoms with E-state index in [4.69, 9.17) is 5.73 Å². The number of rotatable bonds is 7. The fourth-order valence-electron chi connectivity index (χ4n) is 0.986. The lowest BCUT2D eigenvalue weighted by Crippen LogP contribution is -2.36. The van der Waals surface area contributed by atoms with Crippen LogP contribution in [0.3, 0.4) is 0 Å². The Hall–Kier alpha value is -1.10. The summed E-state index contributed by atoms with van der Waals surface area (Å²) in [5.41, 5.74) is 5.29. The molecule has 1 unspecified atom stereocenters. The van der Waals surface area contributed by atoms with Crippen molar-refractivity contribution in [1.82, 2.24) is 5.32 Å². The summed E-state index contributed by atoms with van der Waals surface area (Å²) >= 11 is 0. The smallest absolute Gasteiger partial charge is 0.328 e. The Morgan fingerprint density at radius 2 is 2.31 bits per heavy atom. The fraction of sp³-hybridized carbons (Fsp3) is 0.750. The molecule has 0 spiro atoms. The van der Waals surface area contributed by atoms with Crippen LogP contribution in [0.15, 0.2) is 0 Å². The molecule has 0 rings (SSSR count). The lowest BCUT2D eigenvalue weighted by molar-refractivity contribution is -0.144. The maximum absolute atomic E-state index is 11.0. The lowest BCUT2D eigenvalue weighted by Gasteiger charge is -2.12. The number of nitrogens with one attached hydrogen (secondary N) is 1. The van der Waals surface area contributed by atoms with Gasteiger partial charge in [-0.05, 0) is 25.8 Å². The van der Waals surface area contributed by atoms with Crippen LogP contribution < -0.4 is 11.1 Å². The summed E-state index contributed by atoms with van der Waals surface area (Å²) in [4.78, 5) is 21.1. The second-order valence-corrected chi connectivity index (χ2v) is 2.64. The van der Waals surface area contributed by atoms with Crippen LogP contribution in [-0.4, -0.2) is 32.1 Å². The standard InChI is InChI=1S/C8H16N2O3/c1-13-8(12)7(10-6-11)4-2-3-5-9/h6-7H,2-5,9H2,1H3,(H,10,11). The second kappa shape index (κ2) is 7.54. The minimum atomic E-state index is -0.533. The fourth-order valence-corrected chi connectivity index (χ4v) is 0.986. The highest BCUT2D eigenvalue weighted by molar-refractivity contribution is 5.77. The number of nitrogens with two attached hydrogens (primary N) is 1. The number of unbranched alkanes of at least 4 members (excludes halogenated alkanes) is 1. The Bertz CT molecular complexity index is 161. The first-order valence-corrected chi connectivity index (χ1v) is 4.23. The summed E-state index contributed by atoms with van der Waals surface area (Å²) < 4.78 is 4.50. The molecule has 0 aliphatic carbocycles. The van der Waals surface area contributed by atoms with Crippen molar-refractivity contribution in [3.05, 3.63) is 0 Å². The normalized spacial score (nSPS) is 11.8. The number of carbonyl (C=O) groups is 2. The van der Waals surface area contributed by atoms with Crippen LogP contribution in [0.2, 0.25) is 0 Å². The van der Waals surface area contributed by atoms with Gasteiger partial charge in [-0.2, -0.15) is 0 Å². The quantitative estimate of drug-likeness (QED) is 0.317. The van der Waals surface area contributed by atoms with Gasteiger partial charge in [0.1, 0.15) is 6.04 Å². The van der Waals surface area contributed by atoms with E-state index in [0.717, 1.165) is 12.8 Å². The lowest BCUT2D eigenvalue weighted by atomic mass is 10.1. The van der Waals surface area contributed by atoms with Gasteiger partial charge in [0.2, 0.25) is 6.41 Å². The zero-order chi connectivity index (χ0) is 10.1. The van der Waals surface area contributed by atoms with Crippen LogP contribution >= 0.6 is 0 Å². The number of hydrogen-bond acceptors (Lipinski definition) is 4. The first-order chi connectivity index (χ1) is 6.26. The third-order valence-corrected chi connectivity index (χ3v) is 1.70. The van der Waals surface area contributed by atoms with Gasteiger partial charge in [0, 0.05) is 0 Å². The average molecular weight is 188 g/mol. The summed E-state index contributed by atoms with van der Waals surface area (Å²) in [6, 6.07) is -0.533. The molecule has 1 amide bonds. The number of methoxy groups -OCH3 is 1. The summed E-state index contributed by atoms with van der Waals surface area (Å²) in [6.07, 6.45) is 2.72. The number of ether oxygens (including phenoxy) is 1. The topological polar surface area (TPSA) is 81.4 Å². The van der Waals surface area contributed by atoms with Gasteiger partial charge < -0.3 is 15.8 Å². The first kappa shape index (κ1) is 11.9. The van der Waals surface area contributed by atoms with Crippen molar-refractivity contribution in [2.24, 2.45) is 5.73 Å². The SMILES string of the molecule is COC(=O)C(CCCCN)NC=O. The van der Waals surface area contributed by atoms with E-state index in [0.29, 0.717) is 19.4 Å². The molecule has 5 nitrogen and oxygen atoms in total. The second-order valence-electron chi connectivity index (χ2n) is 2.64. The molecule has 0 aromatic heterocycles. The molecule has 0 aliphatic heterocycles. The van der Waals surface area contributed by atoms with Crippen LogP contribution in [0.4, 0.5) is 0 Å². The molecule has 1 atom stereocenters. The van der Waals surface area contributed by atoms with E-state index < -0.39 is 12.0 Å². The van der Waals surface area contributed by atoms with Crippen molar-refractivity contribution in [3.8, 4) is 0 Å². The molecule has 0 bridgehead atoms. The number of hydrogen-bond donors (Lipinski definition) is 2. The van der Waals surface area contributed by atoms with E-state index in [1.807, 2.05) is 0 Å². The van der Waals surface area contributed by atoms with E-state index in [1.165, 1.54) is 7.11 Å². The van der Waals surface area contributed by atoms with Gasteiger partial charge in [-0.1, -0.05) is 0 Å². The molecule has 0 saturated heterocycles. The van der Waals surface area contributed by atoms with Crippen LogP contribution in [0, 0.1) is 0 Å². The molecular weight excluding hydrogens is 172 g/mol. The van der Waals surface area contributed by atoms with Crippen LogP contribution in [0.1, 0.15) is 19.3 Å². The van der Waals surface area contributed by atoms with Gasteiger partial charge in [-0.25, -0.2) is 4.79 Å². The summed E-state index contributed by atoms with van der Waals surface area (Å²) in [5, 5.41) is 2.40. The molecule has 5 heteroatoms. The van der Waals surface area contributed by atoms with Crippen LogP contribution in [-0.2, 0) is 14.3 Å². The van der Waals surface area contributed by atoms with E-state index in [2.05, 4.69) is 10.1 Å². The summed E-state index contributed by atoms with van der Waals surface area (Å²) in [7, 11) is 1.30. The largest absolute Gasteiger partial charge is 0.467 e. The number of carbonyl (C=O) groups excluding carboxylic acids is 2. The van der Waals surface area contributed by atoms with Crippen molar-refractivity contribution in [1.29, 1.82) is 0 Å². The third-order valence-electron chi connectivity index (χ3n) is 1.70. The average Bonchev–Trinajstić information content (AvgIpc) is 2.16. The van der Waals surface area contributed by atoms with E-state index >= 15 is 0 Å². The Balaban J connectivity index is 3.79. The molecule has 0 aromatic rings. The molecule has 13 heavy (non-hydrogen) atoms. The van der Waals surface area contributed by atoms with Gasteiger partial charge in [0.25, 0.3) is 0 Å². The number of esters is 1. The first-order valence-electron chi connectivity index (χ1n) is 4.23. The Morgan fingerprint density at radius 1 is 1.62 bits per heavy atom. The van der Waals surface area contributed by atoms with Crippen molar-refractivity contribution in [2.45, 2.75) is 25.3 Å². The van der Waals surface area contributed by atoms with Crippen LogP contribution in [0.25, 0.3) is 0 Å². The summed E-state index contributed by atoms with van der Waals surface area (Å²) in [5.74, 6) is -0.413. The Morgan fingerprint density at radius 3 is 2.77 bits per heavy atom. The summed E-state index contributed by atoms with van der Waals surface area (Å²) in [6.45, 7) is 0.592. The molecule has 0 aliphatic rings. The van der Waals surface area contributed by atoms with Gasteiger partial charge >= 0.3 is 5.97 Å². The van der Waals surface area contributed by atoms with Crippen molar-refractivity contribution in [3.63, 3.8) is 0 Å². The van der Waals surface area contributed by atoms with Gasteiger partial charge in [-0.3, -0.25) is 4.79 Å². The minimum Gasteiger partial charge on any atom is -0.467 e. The highest BCUT2D eigenvalue weighted by atomic mass is 16.5. The molecule has 0 radical (unpaired) electrons.